The lowest BCUT2D eigenvalue weighted by Crippen LogP contribution is -2.27. The molecule has 24 heavy (non-hydrogen) atoms. The van der Waals surface area contributed by atoms with Crippen molar-refractivity contribution in [2.24, 2.45) is 0 Å². The Labute approximate surface area is 155 Å². The van der Waals surface area contributed by atoms with Crippen LogP contribution in [-0.2, 0) is 11.3 Å². The molecule has 3 rings (SSSR count). The number of amides is 2. The molecule has 0 unspecified atom stereocenters. The third kappa shape index (κ3) is 3.55. The fourth-order valence-corrected chi connectivity index (χ4v) is 3.60. The lowest BCUT2D eigenvalue weighted by Gasteiger charge is -2.13. The number of carbonyl (C=O) groups excluding carboxylic acids is 2. The first-order valence-corrected chi connectivity index (χ1v) is 8.88. The molecular formula is C17H10BrClFNO2S. The summed E-state index contributed by atoms with van der Waals surface area (Å²) in [5.74, 6) is -0.916. The molecule has 0 aliphatic carbocycles. The predicted molar refractivity (Wildman–Crippen MR) is 97.1 cm³/mol. The highest BCUT2D eigenvalue weighted by atomic mass is 79.9. The van der Waals surface area contributed by atoms with Crippen LogP contribution in [0, 0.1) is 5.82 Å². The van der Waals surface area contributed by atoms with Crippen LogP contribution in [0.15, 0.2) is 51.8 Å². The Balaban J connectivity index is 1.88. The fraction of sp³-hybridized carbons (Fsp3) is 0.0588. The van der Waals surface area contributed by atoms with Crippen LogP contribution < -0.4 is 0 Å². The Hall–Kier alpha value is -1.63. The largest absolute Gasteiger partial charge is 0.293 e. The Morgan fingerprint density at radius 2 is 1.96 bits per heavy atom. The number of nitrogens with zero attached hydrogens (tertiary/aromatic N) is 1. The standard InChI is InChI=1S/C17H10BrClFNO2S/c18-12-5-6-14(20)11(7-12)8-15-16(22)21(17(23)24-15)9-10-3-1-2-4-13(10)19/h1-8H,9H2/b15-8-. The van der Waals surface area contributed by atoms with Crippen LogP contribution in [-0.4, -0.2) is 16.0 Å². The van der Waals surface area contributed by atoms with Crippen molar-refractivity contribution < 1.29 is 14.0 Å². The number of imide groups is 1. The molecule has 0 aromatic heterocycles. The summed E-state index contributed by atoms with van der Waals surface area (Å²) in [7, 11) is 0. The summed E-state index contributed by atoms with van der Waals surface area (Å²) >= 11 is 10.1. The molecule has 0 N–H and O–H groups in total. The van der Waals surface area contributed by atoms with Crippen LogP contribution in [0.3, 0.4) is 0 Å². The zero-order chi connectivity index (χ0) is 17.3. The molecule has 0 spiro atoms. The molecule has 122 valence electrons. The van der Waals surface area contributed by atoms with Gasteiger partial charge >= 0.3 is 0 Å². The van der Waals surface area contributed by atoms with E-state index in [-0.39, 0.29) is 17.0 Å². The second-order valence-electron chi connectivity index (χ2n) is 5.03. The van der Waals surface area contributed by atoms with Gasteiger partial charge in [0.25, 0.3) is 11.1 Å². The minimum absolute atomic E-state index is 0.0860. The molecular weight excluding hydrogens is 417 g/mol. The third-order valence-electron chi connectivity index (χ3n) is 3.40. The zero-order valence-electron chi connectivity index (χ0n) is 12.1. The van der Waals surface area contributed by atoms with E-state index < -0.39 is 17.0 Å². The number of halogens is 3. The fourth-order valence-electron chi connectivity index (χ4n) is 2.20. The third-order valence-corrected chi connectivity index (χ3v) is 5.17. The van der Waals surface area contributed by atoms with E-state index in [4.69, 9.17) is 11.6 Å². The lowest BCUT2D eigenvalue weighted by atomic mass is 10.2. The first-order valence-electron chi connectivity index (χ1n) is 6.89. The van der Waals surface area contributed by atoms with E-state index >= 15 is 0 Å². The molecule has 0 atom stereocenters. The molecule has 2 aromatic rings. The van der Waals surface area contributed by atoms with Crippen molar-refractivity contribution >= 4 is 56.5 Å². The van der Waals surface area contributed by atoms with Gasteiger partial charge in [0.15, 0.2) is 0 Å². The Morgan fingerprint density at radius 3 is 2.71 bits per heavy atom. The first kappa shape index (κ1) is 17.2. The molecule has 1 fully saturated rings. The maximum atomic E-state index is 13.8. The quantitative estimate of drug-likeness (QED) is 0.610. The van der Waals surface area contributed by atoms with Crippen molar-refractivity contribution in [3.8, 4) is 0 Å². The number of hydrogen-bond donors (Lipinski definition) is 0. The topological polar surface area (TPSA) is 37.4 Å². The van der Waals surface area contributed by atoms with Crippen LogP contribution in [0.2, 0.25) is 5.02 Å². The molecule has 3 nitrogen and oxygen atoms in total. The summed E-state index contributed by atoms with van der Waals surface area (Å²) in [5.41, 5.74) is 0.920. The smallest absolute Gasteiger partial charge is 0.268 e. The van der Waals surface area contributed by atoms with Crippen LogP contribution in [0.4, 0.5) is 9.18 Å². The Kier molecular flexibility index (Phi) is 5.08. The molecule has 1 heterocycles. The maximum absolute atomic E-state index is 13.8. The Morgan fingerprint density at radius 1 is 1.21 bits per heavy atom. The van der Waals surface area contributed by atoms with Gasteiger partial charge in [-0.15, -0.1) is 0 Å². The van der Waals surface area contributed by atoms with E-state index in [2.05, 4.69) is 15.9 Å². The molecule has 1 aliphatic rings. The molecule has 1 aliphatic heterocycles. The SMILES string of the molecule is O=C1S/C(=C\c2cc(Br)ccc2F)C(=O)N1Cc1ccccc1Cl. The summed E-state index contributed by atoms with van der Waals surface area (Å²) in [6.45, 7) is 0.0860. The number of benzene rings is 2. The maximum Gasteiger partial charge on any atom is 0.293 e. The van der Waals surface area contributed by atoms with E-state index in [1.165, 1.54) is 12.1 Å². The number of hydrogen-bond acceptors (Lipinski definition) is 3. The van der Waals surface area contributed by atoms with Gasteiger partial charge in [-0.2, -0.15) is 0 Å². The second kappa shape index (κ2) is 7.09. The Bertz CT molecular complexity index is 871. The van der Waals surface area contributed by atoms with Crippen molar-refractivity contribution in [3.63, 3.8) is 0 Å². The monoisotopic (exact) mass is 425 g/mol. The molecule has 1 saturated heterocycles. The lowest BCUT2D eigenvalue weighted by molar-refractivity contribution is -0.123. The summed E-state index contributed by atoms with van der Waals surface area (Å²) in [6, 6.07) is 11.4. The van der Waals surface area contributed by atoms with Crippen molar-refractivity contribution in [1.82, 2.24) is 4.90 Å². The van der Waals surface area contributed by atoms with Crippen LogP contribution >= 0.6 is 39.3 Å². The number of carbonyl (C=O) groups is 2. The average molecular weight is 427 g/mol. The van der Waals surface area contributed by atoms with Gasteiger partial charge in [-0.05, 0) is 47.7 Å². The zero-order valence-corrected chi connectivity index (χ0v) is 15.3. The van der Waals surface area contributed by atoms with Crippen molar-refractivity contribution in [2.45, 2.75) is 6.54 Å². The van der Waals surface area contributed by atoms with Crippen molar-refractivity contribution in [2.75, 3.05) is 0 Å². The van der Waals surface area contributed by atoms with Crippen molar-refractivity contribution in [1.29, 1.82) is 0 Å². The normalized spacial score (nSPS) is 16.3. The molecule has 0 saturated carbocycles. The average Bonchev–Trinajstić information content (AvgIpc) is 2.80. The van der Waals surface area contributed by atoms with E-state index in [0.717, 1.165) is 16.7 Å². The van der Waals surface area contributed by atoms with E-state index in [1.54, 1.807) is 36.4 Å². The molecule has 2 amide bonds. The highest BCUT2D eigenvalue weighted by molar-refractivity contribution is 9.10. The molecule has 0 radical (unpaired) electrons. The van der Waals surface area contributed by atoms with E-state index in [1.807, 2.05) is 0 Å². The molecule has 0 bridgehead atoms. The molecule has 2 aromatic carbocycles. The summed E-state index contributed by atoms with van der Waals surface area (Å²) in [6.07, 6.45) is 1.39. The number of rotatable bonds is 3. The van der Waals surface area contributed by atoms with Gasteiger partial charge in [-0.25, -0.2) is 4.39 Å². The highest BCUT2D eigenvalue weighted by Crippen LogP contribution is 2.34. The summed E-state index contributed by atoms with van der Waals surface area (Å²) in [4.78, 5) is 25.9. The summed E-state index contributed by atoms with van der Waals surface area (Å²) in [5, 5.41) is 0.0835. The van der Waals surface area contributed by atoms with Gasteiger partial charge in [-0.3, -0.25) is 14.5 Å². The summed E-state index contributed by atoms with van der Waals surface area (Å²) < 4.78 is 14.5. The minimum atomic E-state index is -0.462. The molecule has 7 heteroatoms. The predicted octanol–water partition coefficient (Wildman–Crippen LogP) is 5.48. The van der Waals surface area contributed by atoms with Gasteiger partial charge in [-0.1, -0.05) is 45.7 Å². The van der Waals surface area contributed by atoms with E-state index in [9.17, 15) is 14.0 Å². The van der Waals surface area contributed by atoms with Crippen molar-refractivity contribution in [3.05, 3.63) is 73.8 Å². The first-order chi connectivity index (χ1) is 11.5. The van der Waals surface area contributed by atoms with Crippen LogP contribution in [0.1, 0.15) is 11.1 Å². The van der Waals surface area contributed by atoms with Crippen LogP contribution in [0.25, 0.3) is 6.08 Å². The minimum Gasteiger partial charge on any atom is -0.268 e. The number of thioether (sulfide) groups is 1. The highest BCUT2D eigenvalue weighted by Gasteiger charge is 2.35. The van der Waals surface area contributed by atoms with Crippen LogP contribution in [0.5, 0.6) is 0 Å². The van der Waals surface area contributed by atoms with Gasteiger partial charge in [0.05, 0.1) is 11.4 Å². The van der Waals surface area contributed by atoms with E-state index in [0.29, 0.717) is 15.1 Å². The van der Waals surface area contributed by atoms with Gasteiger partial charge in [0.2, 0.25) is 0 Å². The van der Waals surface area contributed by atoms with Gasteiger partial charge in [0, 0.05) is 15.1 Å². The van der Waals surface area contributed by atoms with Gasteiger partial charge in [0.1, 0.15) is 5.82 Å². The second-order valence-corrected chi connectivity index (χ2v) is 7.34. The van der Waals surface area contributed by atoms with Gasteiger partial charge < -0.3 is 0 Å².